The molecule has 0 aliphatic heterocycles. The highest BCUT2D eigenvalue weighted by atomic mass is 32.2. The van der Waals surface area contributed by atoms with Crippen LogP contribution in [0.3, 0.4) is 0 Å². The van der Waals surface area contributed by atoms with Gasteiger partial charge in [-0.25, -0.2) is 4.98 Å². The Balaban J connectivity index is 1.67. The van der Waals surface area contributed by atoms with E-state index < -0.39 is 0 Å². The van der Waals surface area contributed by atoms with E-state index in [9.17, 15) is 4.79 Å². The maximum Gasteiger partial charge on any atom is 0.258 e. The third-order valence-electron chi connectivity index (χ3n) is 4.05. The standard InChI is InChI=1S/C16H17N5OS/c1-9(23-16-20-19-10(2)21(16)11-7-8-11)14-17-13-6-4-3-5-12(13)15(22)18-14/h3-6,9,11H,7-8H2,1-2H3,(H,17,18,22)/t9-/m0/s1. The molecule has 1 fully saturated rings. The van der Waals surface area contributed by atoms with E-state index >= 15 is 0 Å². The van der Waals surface area contributed by atoms with Gasteiger partial charge in [0.2, 0.25) is 0 Å². The monoisotopic (exact) mass is 327 g/mol. The molecule has 23 heavy (non-hydrogen) atoms. The number of para-hydroxylation sites is 1. The van der Waals surface area contributed by atoms with Crippen LogP contribution in [0.4, 0.5) is 0 Å². The van der Waals surface area contributed by atoms with Crippen molar-refractivity contribution in [3.05, 3.63) is 46.3 Å². The molecule has 7 heteroatoms. The summed E-state index contributed by atoms with van der Waals surface area (Å²) in [7, 11) is 0. The number of aromatic nitrogens is 5. The van der Waals surface area contributed by atoms with Crippen molar-refractivity contribution in [2.24, 2.45) is 0 Å². The fourth-order valence-electron chi connectivity index (χ4n) is 2.69. The lowest BCUT2D eigenvalue weighted by Crippen LogP contribution is -2.13. The number of aromatic amines is 1. The molecule has 0 unspecified atom stereocenters. The van der Waals surface area contributed by atoms with Crippen molar-refractivity contribution in [2.45, 2.75) is 43.1 Å². The maximum absolute atomic E-state index is 12.2. The van der Waals surface area contributed by atoms with Crippen molar-refractivity contribution >= 4 is 22.7 Å². The van der Waals surface area contributed by atoms with Crippen LogP contribution in [0.5, 0.6) is 0 Å². The average molecular weight is 327 g/mol. The van der Waals surface area contributed by atoms with E-state index in [1.54, 1.807) is 17.8 Å². The van der Waals surface area contributed by atoms with Gasteiger partial charge in [0.05, 0.1) is 16.2 Å². The summed E-state index contributed by atoms with van der Waals surface area (Å²) in [6.45, 7) is 4.01. The zero-order valence-corrected chi connectivity index (χ0v) is 13.8. The quantitative estimate of drug-likeness (QED) is 0.745. The Labute approximate surface area is 137 Å². The third kappa shape index (κ3) is 2.65. The molecule has 1 N–H and O–H groups in total. The SMILES string of the molecule is Cc1nnc(S[C@@H](C)c2nc3ccccc3c(=O)[nH]2)n1C1CC1. The van der Waals surface area contributed by atoms with Gasteiger partial charge in [-0.15, -0.1) is 10.2 Å². The van der Waals surface area contributed by atoms with Crippen LogP contribution in [0.1, 0.15) is 42.7 Å². The number of aryl methyl sites for hydroxylation is 1. The summed E-state index contributed by atoms with van der Waals surface area (Å²) >= 11 is 1.59. The van der Waals surface area contributed by atoms with Crippen LogP contribution in [0.25, 0.3) is 10.9 Å². The Morgan fingerprint density at radius 2 is 2.09 bits per heavy atom. The van der Waals surface area contributed by atoms with E-state index in [1.165, 1.54) is 12.8 Å². The predicted molar refractivity (Wildman–Crippen MR) is 89.7 cm³/mol. The van der Waals surface area contributed by atoms with Gasteiger partial charge in [-0.3, -0.25) is 4.79 Å². The maximum atomic E-state index is 12.2. The van der Waals surface area contributed by atoms with E-state index in [2.05, 4.69) is 24.7 Å². The summed E-state index contributed by atoms with van der Waals surface area (Å²) in [4.78, 5) is 19.7. The molecule has 118 valence electrons. The number of benzene rings is 1. The van der Waals surface area contributed by atoms with Gasteiger partial charge in [-0.1, -0.05) is 23.9 Å². The highest BCUT2D eigenvalue weighted by Crippen LogP contribution is 2.41. The lowest BCUT2D eigenvalue weighted by Gasteiger charge is -2.12. The van der Waals surface area contributed by atoms with Crippen molar-refractivity contribution in [2.75, 3.05) is 0 Å². The summed E-state index contributed by atoms with van der Waals surface area (Å²) in [5, 5.41) is 9.98. The zero-order chi connectivity index (χ0) is 16.0. The average Bonchev–Trinajstić information content (AvgIpc) is 3.31. The first-order valence-corrected chi connectivity index (χ1v) is 8.58. The van der Waals surface area contributed by atoms with Crippen LogP contribution < -0.4 is 5.56 Å². The van der Waals surface area contributed by atoms with Crippen LogP contribution in [0.2, 0.25) is 0 Å². The van der Waals surface area contributed by atoms with Gasteiger partial charge in [0.1, 0.15) is 11.6 Å². The molecule has 1 aromatic carbocycles. The number of hydrogen-bond donors (Lipinski definition) is 1. The van der Waals surface area contributed by atoms with E-state index in [4.69, 9.17) is 0 Å². The highest BCUT2D eigenvalue weighted by Gasteiger charge is 2.29. The molecule has 1 atom stereocenters. The number of nitrogens with one attached hydrogen (secondary N) is 1. The van der Waals surface area contributed by atoms with Crippen molar-refractivity contribution in [1.29, 1.82) is 0 Å². The summed E-state index contributed by atoms with van der Waals surface area (Å²) in [6, 6.07) is 7.92. The second kappa shape index (κ2) is 5.49. The minimum Gasteiger partial charge on any atom is -0.309 e. The van der Waals surface area contributed by atoms with E-state index in [0.717, 1.165) is 16.5 Å². The first-order valence-electron chi connectivity index (χ1n) is 7.70. The zero-order valence-electron chi connectivity index (χ0n) is 13.0. The molecule has 1 aliphatic carbocycles. The molecule has 3 aromatic rings. The van der Waals surface area contributed by atoms with Gasteiger partial charge in [-0.05, 0) is 38.8 Å². The van der Waals surface area contributed by atoms with Gasteiger partial charge >= 0.3 is 0 Å². The number of fused-ring (bicyclic) bond motifs is 1. The Morgan fingerprint density at radius 1 is 1.30 bits per heavy atom. The fraction of sp³-hybridized carbons (Fsp3) is 0.375. The molecule has 0 amide bonds. The third-order valence-corrected chi connectivity index (χ3v) is 5.11. The first-order chi connectivity index (χ1) is 11.1. The lowest BCUT2D eigenvalue weighted by atomic mass is 10.2. The Bertz CT molecular complexity index is 928. The predicted octanol–water partition coefficient (Wildman–Crippen LogP) is 3.01. The second-order valence-corrected chi connectivity index (χ2v) is 7.17. The van der Waals surface area contributed by atoms with Crippen LogP contribution in [-0.2, 0) is 0 Å². The van der Waals surface area contributed by atoms with Crippen molar-refractivity contribution in [3.8, 4) is 0 Å². The molecule has 4 rings (SSSR count). The molecule has 0 spiro atoms. The Morgan fingerprint density at radius 3 is 2.87 bits per heavy atom. The molecular weight excluding hydrogens is 310 g/mol. The smallest absolute Gasteiger partial charge is 0.258 e. The van der Waals surface area contributed by atoms with Crippen molar-refractivity contribution in [3.63, 3.8) is 0 Å². The summed E-state index contributed by atoms with van der Waals surface area (Å²) < 4.78 is 2.19. The van der Waals surface area contributed by atoms with Crippen LogP contribution in [0, 0.1) is 6.92 Å². The van der Waals surface area contributed by atoms with E-state index in [-0.39, 0.29) is 10.8 Å². The van der Waals surface area contributed by atoms with Gasteiger partial charge in [0.25, 0.3) is 5.56 Å². The van der Waals surface area contributed by atoms with Gasteiger partial charge in [-0.2, -0.15) is 0 Å². The molecule has 2 aromatic heterocycles. The number of hydrogen-bond acceptors (Lipinski definition) is 5. The fourth-order valence-corrected chi connectivity index (χ4v) is 3.72. The van der Waals surface area contributed by atoms with Crippen LogP contribution in [0.15, 0.2) is 34.2 Å². The first kappa shape index (κ1) is 14.4. The minimum atomic E-state index is -0.0992. The summed E-state index contributed by atoms with van der Waals surface area (Å²) in [5.74, 6) is 1.61. The lowest BCUT2D eigenvalue weighted by molar-refractivity contribution is 0.642. The second-order valence-electron chi connectivity index (χ2n) is 5.86. The largest absolute Gasteiger partial charge is 0.309 e. The molecule has 0 saturated heterocycles. The van der Waals surface area contributed by atoms with Gasteiger partial charge in [0.15, 0.2) is 5.16 Å². The van der Waals surface area contributed by atoms with Gasteiger partial charge < -0.3 is 9.55 Å². The normalized spacial score (nSPS) is 15.9. The topological polar surface area (TPSA) is 76.5 Å². The molecule has 1 saturated carbocycles. The number of nitrogens with zero attached hydrogens (tertiary/aromatic N) is 4. The minimum absolute atomic E-state index is 0.00611. The van der Waals surface area contributed by atoms with Crippen LogP contribution >= 0.6 is 11.8 Å². The number of thioether (sulfide) groups is 1. The number of rotatable bonds is 4. The molecule has 6 nitrogen and oxygen atoms in total. The van der Waals surface area contributed by atoms with Crippen molar-refractivity contribution < 1.29 is 0 Å². The molecule has 0 radical (unpaired) electrons. The Hall–Kier alpha value is -2.15. The molecule has 2 heterocycles. The highest BCUT2D eigenvalue weighted by molar-refractivity contribution is 7.99. The van der Waals surface area contributed by atoms with E-state index in [0.29, 0.717) is 17.3 Å². The number of H-pyrrole nitrogens is 1. The van der Waals surface area contributed by atoms with Gasteiger partial charge in [0, 0.05) is 6.04 Å². The van der Waals surface area contributed by atoms with E-state index in [1.807, 2.05) is 32.0 Å². The summed E-state index contributed by atoms with van der Waals surface area (Å²) in [5.41, 5.74) is 0.622. The molecule has 0 bridgehead atoms. The summed E-state index contributed by atoms with van der Waals surface area (Å²) in [6.07, 6.45) is 2.37. The molecular formula is C16H17N5OS. The van der Waals surface area contributed by atoms with Crippen LogP contribution in [-0.4, -0.2) is 24.7 Å². The molecule has 1 aliphatic rings. The van der Waals surface area contributed by atoms with Crippen molar-refractivity contribution in [1.82, 2.24) is 24.7 Å². The Kier molecular flexibility index (Phi) is 3.45.